The van der Waals surface area contributed by atoms with Gasteiger partial charge < -0.3 is 4.90 Å². The molecule has 1 aromatic carbocycles. The van der Waals surface area contributed by atoms with Gasteiger partial charge in [-0.15, -0.1) is 0 Å². The second-order valence-corrected chi connectivity index (χ2v) is 5.73. The summed E-state index contributed by atoms with van der Waals surface area (Å²) in [6.07, 6.45) is 0. The fraction of sp³-hybridized carbons (Fsp3) is 0.417. The lowest BCUT2D eigenvalue weighted by Gasteiger charge is -2.18. The highest BCUT2D eigenvalue weighted by atomic mass is 32.2. The van der Waals surface area contributed by atoms with Gasteiger partial charge in [0.1, 0.15) is 0 Å². The Morgan fingerprint density at radius 3 is 2.00 bits per heavy atom. The summed E-state index contributed by atoms with van der Waals surface area (Å²) >= 11 is 0. The van der Waals surface area contributed by atoms with Gasteiger partial charge in [0, 0.05) is 18.7 Å². The van der Waals surface area contributed by atoms with Crippen molar-refractivity contribution in [3.8, 4) is 0 Å². The van der Waals surface area contributed by atoms with Crippen molar-refractivity contribution >= 4 is 15.7 Å². The van der Waals surface area contributed by atoms with E-state index in [4.69, 9.17) is 0 Å². The van der Waals surface area contributed by atoms with Crippen LogP contribution in [-0.2, 0) is 9.84 Å². The number of halogens is 2. The van der Waals surface area contributed by atoms with E-state index in [9.17, 15) is 22.0 Å². The lowest BCUT2D eigenvalue weighted by molar-refractivity contribution is 0.0773. The molecular formula is C12H15F2NO3S. The summed E-state index contributed by atoms with van der Waals surface area (Å²) in [6.45, 7) is 4.67. The number of sulfone groups is 1. The van der Waals surface area contributed by atoms with Crippen molar-refractivity contribution in [2.75, 3.05) is 13.1 Å². The molecule has 0 atom stereocenters. The van der Waals surface area contributed by atoms with E-state index in [1.807, 2.05) is 13.8 Å². The fourth-order valence-corrected chi connectivity index (χ4v) is 2.30. The third kappa shape index (κ3) is 3.28. The second kappa shape index (κ2) is 6.10. The maximum absolute atomic E-state index is 12.3. The molecule has 1 aromatic rings. The number of carbonyl (C=O) groups is 1. The predicted molar refractivity (Wildman–Crippen MR) is 66.9 cm³/mol. The number of amides is 1. The zero-order chi connectivity index (χ0) is 14.6. The molecule has 0 heterocycles. The van der Waals surface area contributed by atoms with Crippen LogP contribution < -0.4 is 0 Å². The summed E-state index contributed by atoms with van der Waals surface area (Å²) in [5.41, 5.74) is 0.275. The largest absolute Gasteiger partial charge is 0.341 e. The number of nitrogens with zero attached hydrogens (tertiary/aromatic N) is 1. The molecule has 0 spiro atoms. The third-order valence-electron chi connectivity index (χ3n) is 2.72. The number of carbonyl (C=O) groups excluding carboxylic acids is 1. The van der Waals surface area contributed by atoms with Crippen LogP contribution >= 0.6 is 0 Å². The first-order valence-electron chi connectivity index (χ1n) is 5.76. The summed E-state index contributed by atoms with van der Waals surface area (Å²) < 4.78 is 47.1. The molecule has 0 saturated carbocycles. The van der Waals surface area contributed by atoms with Crippen molar-refractivity contribution in [1.82, 2.24) is 4.90 Å². The summed E-state index contributed by atoms with van der Waals surface area (Å²) in [7, 11) is -4.61. The number of hydrogen-bond donors (Lipinski definition) is 0. The Morgan fingerprint density at radius 2 is 1.63 bits per heavy atom. The van der Waals surface area contributed by atoms with Gasteiger partial charge in [0.2, 0.25) is 9.84 Å². The van der Waals surface area contributed by atoms with Gasteiger partial charge in [-0.2, -0.15) is 8.78 Å². The first-order chi connectivity index (χ1) is 8.84. The van der Waals surface area contributed by atoms with E-state index < -0.39 is 20.5 Å². The molecule has 7 heteroatoms. The van der Waals surface area contributed by atoms with Crippen molar-refractivity contribution in [3.05, 3.63) is 29.8 Å². The summed E-state index contributed by atoms with van der Waals surface area (Å²) in [5.74, 6) is -3.72. The summed E-state index contributed by atoms with van der Waals surface area (Å²) in [6, 6.07) is 4.54. The quantitative estimate of drug-likeness (QED) is 0.835. The van der Waals surface area contributed by atoms with Crippen LogP contribution in [0.5, 0.6) is 0 Å². The first-order valence-corrected chi connectivity index (χ1v) is 7.30. The predicted octanol–water partition coefficient (Wildman–Crippen LogP) is 2.16. The molecular weight excluding hydrogens is 276 g/mol. The Bertz CT molecular complexity index is 537. The van der Waals surface area contributed by atoms with Crippen LogP contribution in [0.25, 0.3) is 0 Å². The van der Waals surface area contributed by atoms with Crippen LogP contribution in [0.15, 0.2) is 29.2 Å². The Morgan fingerprint density at radius 1 is 1.16 bits per heavy atom. The van der Waals surface area contributed by atoms with E-state index in [0.717, 1.165) is 12.1 Å². The molecule has 0 aromatic heterocycles. The van der Waals surface area contributed by atoms with Gasteiger partial charge in [0.05, 0.1) is 4.90 Å². The van der Waals surface area contributed by atoms with E-state index in [0.29, 0.717) is 13.1 Å². The van der Waals surface area contributed by atoms with E-state index in [-0.39, 0.29) is 11.5 Å². The van der Waals surface area contributed by atoms with Crippen LogP contribution in [0.1, 0.15) is 24.2 Å². The number of hydrogen-bond acceptors (Lipinski definition) is 3. The Kier molecular flexibility index (Phi) is 4.99. The van der Waals surface area contributed by atoms with Crippen molar-refractivity contribution < 1.29 is 22.0 Å². The third-order valence-corrected chi connectivity index (χ3v) is 4.11. The molecule has 0 aliphatic carbocycles. The summed E-state index contributed by atoms with van der Waals surface area (Å²) in [5, 5.41) is 0. The maximum Gasteiger partial charge on any atom is 0.341 e. The molecule has 0 fully saturated rings. The molecule has 0 aliphatic rings. The summed E-state index contributed by atoms with van der Waals surface area (Å²) in [4.78, 5) is 13.0. The molecule has 0 aliphatic heterocycles. The Balaban J connectivity index is 3.04. The van der Waals surface area contributed by atoms with Crippen molar-refractivity contribution in [1.29, 1.82) is 0 Å². The van der Waals surface area contributed by atoms with Gasteiger partial charge in [-0.05, 0) is 38.1 Å². The van der Waals surface area contributed by atoms with Crippen LogP contribution in [0.3, 0.4) is 0 Å². The Labute approximate surface area is 110 Å². The van der Waals surface area contributed by atoms with E-state index in [1.165, 1.54) is 12.1 Å². The minimum absolute atomic E-state index is 0.258. The normalized spacial score (nSPS) is 11.6. The molecule has 0 radical (unpaired) electrons. The number of rotatable bonds is 5. The molecule has 106 valence electrons. The molecule has 0 bridgehead atoms. The zero-order valence-corrected chi connectivity index (χ0v) is 11.5. The molecule has 4 nitrogen and oxygen atoms in total. The highest BCUT2D eigenvalue weighted by molar-refractivity contribution is 7.91. The van der Waals surface area contributed by atoms with Crippen molar-refractivity contribution in [3.63, 3.8) is 0 Å². The van der Waals surface area contributed by atoms with Gasteiger partial charge in [-0.25, -0.2) is 8.42 Å². The topological polar surface area (TPSA) is 54.5 Å². The number of benzene rings is 1. The first kappa shape index (κ1) is 15.6. The van der Waals surface area contributed by atoms with E-state index >= 15 is 0 Å². The van der Waals surface area contributed by atoms with E-state index in [2.05, 4.69) is 0 Å². The minimum Gasteiger partial charge on any atom is -0.339 e. The smallest absolute Gasteiger partial charge is 0.339 e. The highest BCUT2D eigenvalue weighted by Gasteiger charge is 2.26. The Hall–Kier alpha value is -1.50. The molecule has 0 unspecified atom stereocenters. The SMILES string of the molecule is CCN(CC)C(=O)c1ccc(S(=O)(=O)C(F)F)cc1. The molecule has 0 saturated heterocycles. The molecule has 19 heavy (non-hydrogen) atoms. The fourth-order valence-electron chi connectivity index (χ4n) is 1.58. The van der Waals surface area contributed by atoms with Crippen molar-refractivity contribution in [2.45, 2.75) is 24.5 Å². The zero-order valence-electron chi connectivity index (χ0n) is 10.6. The standard InChI is InChI=1S/C12H15F2NO3S/c1-3-15(4-2)11(16)9-5-7-10(8-6-9)19(17,18)12(13)14/h5-8,12H,3-4H2,1-2H3. The van der Waals surface area contributed by atoms with Crippen LogP contribution in [0, 0.1) is 0 Å². The average Bonchev–Trinajstić information content (AvgIpc) is 2.40. The monoisotopic (exact) mass is 291 g/mol. The van der Waals surface area contributed by atoms with Gasteiger partial charge in [0.15, 0.2) is 0 Å². The lowest BCUT2D eigenvalue weighted by atomic mass is 10.2. The second-order valence-electron chi connectivity index (χ2n) is 3.81. The van der Waals surface area contributed by atoms with Gasteiger partial charge in [-0.1, -0.05) is 0 Å². The molecule has 1 amide bonds. The van der Waals surface area contributed by atoms with E-state index in [1.54, 1.807) is 4.90 Å². The minimum atomic E-state index is -4.61. The van der Waals surface area contributed by atoms with Gasteiger partial charge in [-0.3, -0.25) is 4.79 Å². The molecule has 1 rings (SSSR count). The van der Waals surface area contributed by atoms with Crippen molar-refractivity contribution in [2.24, 2.45) is 0 Å². The van der Waals surface area contributed by atoms with Gasteiger partial charge in [0.25, 0.3) is 5.91 Å². The number of alkyl halides is 2. The van der Waals surface area contributed by atoms with Crippen LogP contribution in [-0.4, -0.2) is 38.1 Å². The van der Waals surface area contributed by atoms with Crippen LogP contribution in [0.4, 0.5) is 8.78 Å². The molecule has 0 N–H and O–H groups in total. The van der Waals surface area contributed by atoms with Gasteiger partial charge >= 0.3 is 5.76 Å². The highest BCUT2D eigenvalue weighted by Crippen LogP contribution is 2.19. The average molecular weight is 291 g/mol. The lowest BCUT2D eigenvalue weighted by Crippen LogP contribution is -2.30. The maximum atomic E-state index is 12.3. The van der Waals surface area contributed by atoms with Crippen LogP contribution in [0.2, 0.25) is 0 Å².